The fourth-order valence-corrected chi connectivity index (χ4v) is 2.07. The number of hydrogen-bond donors (Lipinski definition) is 1. The summed E-state index contributed by atoms with van der Waals surface area (Å²) >= 11 is 0. The Hall–Kier alpha value is -1.69. The van der Waals surface area contributed by atoms with Crippen LogP contribution in [0.5, 0.6) is 0 Å². The molecular formula is C11H15N3O3. The number of β-amino-alcohol motifs (C(OH)–C–C–N with tert-alkyl or cyclic N) is 1. The number of nitro groups is 1. The molecule has 6 heteroatoms. The van der Waals surface area contributed by atoms with Gasteiger partial charge in [0.1, 0.15) is 0 Å². The van der Waals surface area contributed by atoms with E-state index in [0.29, 0.717) is 18.9 Å². The second-order valence-corrected chi connectivity index (χ2v) is 4.35. The standard InChI is InChI=1S/C11H15N3O3/c1-8-5-10(14(16)17)11(12-6-8)13-4-2-3-9(15)7-13/h5-6,9,15H,2-4,7H2,1H3/t9-/m0/s1. The third-order valence-corrected chi connectivity index (χ3v) is 2.88. The Balaban J connectivity index is 2.33. The molecule has 0 bridgehead atoms. The van der Waals surface area contributed by atoms with Gasteiger partial charge in [0.25, 0.3) is 0 Å². The van der Waals surface area contributed by atoms with Crippen LogP contribution in [0.15, 0.2) is 12.3 Å². The molecule has 0 amide bonds. The van der Waals surface area contributed by atoms with Crippen molar-refractivity contribution in [3.05, 3.63) is 27.9 Å². The van der Waals surface area contributed by atoms with Crippen molar-refractivity contribution in [3.63, 3.8) is 0 Å². The fourth-order valence-electron chi connectivity index (χ4n) is 2.07. The van der Waals surface area contributed by atoms with Crippen molar-refractivity contribution in [1.82, 2.24) is 4.98 Å². The van der Waals surface area contributed by atoms with Crippen molar-refractivity contribution in [3.8, 4) is 0 Å². The zero-order valence-electron chi connectivity index (χ0n) is 9.67. The summed E-state index contributed by atoms with van der Waals surface area (Å²) in [7, 11) is 0. The Kier molecular flexibility index (Phi) is 3.23. The lowest BCUT2D eigenvalue weighted by Crippen LogP contribution is -2.39. The van der Waals surface area contributed by atoms with E-state index in [1.165, 1.54) is 6.07 Å². The molecule has 1 N–H and O–H groups in total. The molecule has 2 rings (SSSR count). The zero-order valence-corrected chi connectivity index (χ0v) is 9.67. The van der Waals surface area contributed by atoms with Crippen LogP contribution in [0.4, 0.5) is 11.5 Å². The molecule has 0 aliphatic carbocycles. The molecule has 0 spiro atoms. The van der Waals surface area contributed by atoms with Gasteiger partial charge < -0.3 is 10.0 Å². The maximum absolute atomic E-state index is 11.0. The fraction of sp³-hybridized carbons (Fsp3) is 0.545. The minimum atomic E-state index is -0.425. The maximum atomic E-state index is 11.0. The lowest BCUT2D eigenvalue weighted by atomic mass is 10.1. The minimum Gasteiger partial charge on any atom is -0.391 e. The number of anilines is 1. The van der Waals surface area contributed by atoms with Gasteiger partial charge in [-0.2, -0.15) is 0 Å². The Morgan fingerprint density at radius 2 is 2.41 bits per heavy atom. The molecule has 6 nitrogen and oxygen atoms in total. The molecule has 0 radical (unpaired) electrons. The van der Waals surface area contributed by atoms with Crippen LogP contribution in [0, 0.1) is 17.0 Å². The Morgan fingerprint density at radius 1 is 1.65 bits per heavy atom. The van der Waals surface area contributed by atoms with E-state index in [9.17, 15) is 15.2 Å². The molecule has 1 saturated heterocycles. The summed E-state index contributed by atoms with van der Waals surface area (Å²) in [5.74, 6) is 0.361. The highest BCUT2D eigenvalue weighted by molar-refractivity contribution is 5.58. The van der Waals surface area contributed by atoms with Gasteiger partial charge in [-0.15, -0.1) is 0 Å². The predicted octanol–water partition coefficient (Wildman–Crippen LogP) is 1.26. The van der Waals surface area contributed by atoms with Gasteiger partial charge >= 0.3 is 5.69 Å². The maximum Gasteiger partial charge on any atom is 0.311 e. The smallest absolute Gasteiger partial charge is 0.311 e. The lowest BCUT2D eigenvalue weighted by Gasteiger charge is -2.30. The van der Waals surface area contributed by atoms with Gasteiger partial charge in [-0.3, -0.25) is 10.1 Å². The molecule has 17 heavy (non-hydrogen) atoms. The highest BCUT2D eigenvalue weighted by Crippen LogP contribution is 2.28. The topological polar surface area (TPSA) is 79.5 Å². The summed E-state index contributed by atoms with van der Waals surface area (Å²) in [6.07, 6.45) is 2.76. The van der Waals surface area contributed by atoms with Gasteiger partial charge in [-0.05, 0) is 25.3 Å². The summed E-state index contributed by atoms with van der Waals surface area (Å²) in [4.78, 5) is 16.5. The third-order valence-electron chi connectivity index (χ3n) is 2.88. The summed E-state index contributed by atoms with van der Waals surface area (Å²) in [5.41, 5.74) is 0.775. The number of aliphatic hydroxyl groups excluding tert-OH is 1. The van der Waals surface area contributed by atoms with Crippen LogP contribution in [-0.4, -0.2) is 34.2 Å². The van der Waals surface area contributed by atoms with Crippen LogP contribution >= 0.6 is 0 Å². The van der Waals surface area contributed by atoms with Crippen molar-refractivity contribution in [2.24, 2.45) is 0 Å². The quantitative estimate of drug-likeness (QED) is 0.618. The lowest BCUT2D eigenvalue weighted by molar-refractivity contribution is -0.384. The summed E-state index contributed by atoms with van der Waals surface area (Å²) in [5, 5.41) is 20.6. The largest absolute Gasteiger partial charge is 0.391 e. The molecule has 1 atom stereocenters. The van der Waals surface area contributed by atoms with Gasteiger partial charge in [-0.1, -0.05) is 0 Å². The molecule has 2 heterocycles. The van der Waals surface area contributed by atoms with Crippen LogP contribution in [0.2, 0.25) is 0 Å². The molecule has 92 valence electrons. The molecule has 1 aromatic heterocycles. The predicted molar refractivity (Wildman–Crippen MR) is 63.1 cm³/mol. The second-order valence-electron chi connectivity index (χ2n) is 4.35. The van der Waals surface area contributed by atoms with Crippen molar-refractivity contribution in [2.45, 2.75) is 25.9 Å². The van der Waals surface area contributed by atoms with Gasteiger partial charge in [0.2, 0.25) is 5.82 Å². The highest BCUT2D eigenvalue weighted by atomic mass is 16.6. The van der Waals surface area contributed by atoms with E-state index < -0.39 is 11.0 Å². The first-order valence-corrected chi connectivity index (χ1v) is 5.62. The highest BCUT2D eigenvalue weighted by Gasteiger charge is 2.25. The van der Waals surface area contributed by atoms with E-state index >= 15 is 0 Å². The molecule has 0 saturated carbocycles. The number of piperidine rings is 1. The number of nitrogens with zero attached hydrogens (tertiary/aromatic N) is 3. The average Bonchev–Trinajstić information content (AvgIpc) is 2.28. The van der Waals surface area contributed by atoms with Gasteiger partial charge in [0, 0.05) is 25.4 Å². The first kappa shape index (κ1) is 11.8. The SMILES string of the molecule is Cc1cnc(N2CCC[C@H](O)C2)c([N+](=O)[O-])c1. The van der Waals surface area contributed by atoms with E-state index in [1.807, 2.05) is 0 Å². The van der Waals surface area contributed by atoms with Crippen molar-refractivity contribution in [1.29, 1.82) is 0 Å². The minimum absolute atomic E-state index is 0.0131. The van der Waals surface area contributed by atoms with Crippen LogP contribution in [0.3, 0.4) is 0 Å². The molecule has 0 unspecified atom stereocenters. The molecule has 1 aliphatic heterocycles. The molecule has 0 aromatic carbocycles. The summed E-state index contributed by atoms with van der Waals surface area (Å²) < 4.78 is 0. The second kappa shape index (κ2) is 4.67. The molecule has 1 aliphatic rings. The van der Waals surface area contributed by atoms with Crippen LogP contribution in [0.1, 0.15) is 18.4 Å². The molecule has 1 fully saturated rings. The number of rotatable bonds is 2. The van der Waals surface area contributed by atoms with E-state index in [1.54, 1.807) is 18.0 Å². The Morgan fingerprint density at radius 3 is 3.06 bits per heavy atom. The number of aromatic nitrogens is 1. The molecule has 1 aromatic rings. The normalized spacial score (nSPS) is 20.4. The van der Waals surface area contributed by atoms with Crippen LogP contribution < -0.4 is 4.90 Å². The number of aliphatic hydroxyl groups is 1. The van der Waals surface area contributed by atoms with E-state index in [2.05, 4.69) is 4.98 Å². The van der Waals surface area contributed by atoms with E-state index in [-0.39, 0.29) is 5.69 Å². The summed E-state index contributed by atoms with van der Waals surface area (Å²) in [6.45, 7) is 2.89. The third kappa shape index (κ3) is 2.52. The number of hydrogen-bond acceptors (Lipinski definition) is 5. The molecular weight excluding hydrogens is 222 g/mol. The van der Waals surface area contributed by atoms with Crippen LogP contribution in [0.25, 0.3) is 0 Å². The van der Waals surface area contributed by atoms with E-state index in [0.717, 1.165) is 18.4 Å². The van der Waals surface area contributed by atoms with Gasteiger partial charge in [0.05, 0.1) is 11.0 Å². The number of aryl methyl sites for hydroxylation is 1. The zero-order chi connectivity index (χ0) is 12.4. The van der Waals surface area contributed by atoms with E-state index in [4.69, 9.17) is 0 Å². The van der Waals surface area contributed by atoms with Crippen LogP contribution in [-0.2, 0) is 0 Å². The van der Waals surface area contributed by atoms with Crippen molar-refractivity contribution >= 4 is 11.5 Å². The Bertz CT molecular complexity index is 436. The van der Waals surface area contributed by atoms with Gasteiger partial charge in [-0.25, -0.2) is 4.98 Å². The average molecular weight is 237 g/mol. The number of pyridine rings is 1. The van der Waals surface area contributed by atoms with Gasteiger partial charge in [0.15, 0.2) is 0 Å². The first-order chi connectivity index (χ1) is 8.08. The monoisotopic (exact) mass is 237 g/mol. The summed E-state index contributed by atoms with van der Waals surface area (Å²) in [6, 6.07) is 1.52. The first-order valence-electron chi connectivity index (χ1n) is 5.62. The Labute approximate surface area is 99.0 Å². The van der Waals surface area contributed by atoms with Crippen molar-refractivity contribution < 1.29 is 10.0 Å². The van der Waals surface area contributed by atoms with Crippen molar-refractivity contribution in [2.75, 3.05) is 18.0 Å².